The zero-order chi connectivity index (χ0) is 13.4. The van der Waals surface area contributed by atoms with Crippen molar-refractivity contribution in [3.05, 3.63) is 27.9 Å². The van der Waals surface area contributed by atoms with Crippen LogP contribution < -0.4 is 5.56 Å². The average molecular weight is 248 g/mol. The molecule has 0 N–H and O–H groups in total. The molecule has 0 aromatic carbocycles. The van der Waals surface area contributed by atoms with E-state index in [-0.39, 0.29) is 11.5 Å². The Hall–Kier alpha value is -1.65. The molecule has 5 heteroatoms. The molecule has 5 nitrogen and oxygen atoms in total. The third-order valence-corrected chi connectivity index (χ3v) is 2.91. The minimum absolute atomic E-state index is 0.0510. The summed E-state index contributed by atoms with van der Waals surface area (Å²) in [6.45, 7) is 11.0. The zero-order valence-electron chi connectivity index (χ0n) is 11.6. The molecule has 0 saturated heterocycles. The fraction of sp³-hybridized carbons (Fsp3) is 0.615. The maximum atomic E-state index is 12.2. The third kappa shape index (κ3) is 2.17. The van der Waals surface area contributed by atoms with Gasteiger partial charge in [0.1, 0.15) is 5.82 Å². The molecule has 98 valence electrons. The first-order valence-corrected chi connectivity index (χ1v) is 6.37. The molecule has 0 aliphatic carbocycles. The summed E-state index contributed by atoms with van der Waals surface area (Å²) in [5.41, 5.74) is 0.749. The average Bonchev–Trinajstić information content (AvgIpc) is 2.54. The van der Waals surface area contributed by atoms with Gasteiger partial charge >= 0.3 is 0 Å². The first-order chi connectivity index (χ1) is 8.40. The van der Waals surface area contributed by atoms with E-state index in [0.717, 1.165) is 18.1 Å². The Morgan fingerprint density at radius 2 is 1.89 bits per heavy atom. The predicted octanol–water partition coefficient (Wildman–Crippen LogP) is 1.98. The Bertz CT molecular complexity index is 622. The molecule has 0 saturated carbocycles. The molecule has 0 unspecified atom stereocenters. The number of aryl methyl sites for hydroxylation is 1. The topological polar surface area (TPSA) is 52.2 Å². The van der Waals surface area contributed by atoms with Crippen LogP contribution in [-0.4, -0.2) is 19.2 Å². The van der Waals surface area contributed by atoms with Gasteiger partial charge in [0, 0.05) is 12.6 Å². The first-order valence-electron chi connectivity index (χ1n) is 6.37. The van der Waals surface area contributed by atoms with E-state index in [1.54, 1.807) is 10.6 Å². The van der Waals surface area contributed by atoms with Crippen molar-refractivity contribution in [3.63, 3.8) is 0 Å². The highest BCUT2D eigenvalue weighted by Crippen LogP contribution is 2.11. The normalized spacial score (nSPS) is 11.9. The van der Waals surface area contributed by atoms with Crippen LogP contribution in [0.3, 0.4) is 0 Å². The summed E-state index contributed by atoms with van der Waals surface area (Å²) in [6.07, 6.45) is 0. The van der Waals surface area contributed by atoms with Crippen molar-refractivity contribution in [2.45, 2.75) is 47.1 Å². The third-order valence-electron chi connectivity index (χ3n) is 2.91. The number of rotatable bonds is 3. The van der Waals surface area contributed by atoms with Gasteiger partial charge in [0.2, 0.25) is 0 Å². The van der Waals surface area contributed by atoms with Crippen molar-refractivity contribution in [3.8, 4) is 0 Å². The van der Waals surface area contributed by atoms with Gasteiger partial charge in [0.25, 0.3) is 11.3 Å². The minimum atomic E-state index is -0.0510. The number of hydrogen-bond donors (Lipinski definition) is 0. The first kappa shape index (κ1) is 12.8. The van der Waals surface area contributed by atoms with Crippen LogP contribution in [0, 0.1) is 12.8 Å². The van der Waals surface area contributed by atoms with Crippen LogP contribution in [0.15, 0.2) is 10.9 Å². The molecular weight excluding hydrogens is 228 g/mol. The Labute approximate surface area is 106 Å². The molecule has 0 spiro atoms. The molecule has 0 amide bonds. The Kier molecular flexibility index (Phi) is 3.24. The van der Waals surface area contributed by atoms with Crippen molar-refractivity contribution in [2.75, 3.05) is 0 Å². The molecule has 0 aliphatic rings. The van der Waals surface area contributed by atoms with E-state index < -0.39 is 0 Å². The molecule has 2 aromatic heterocycles. The predicted molar refractivity (Wildman–Crippen MR) is 70.9 cm³/mol. The standard InChI is InChI=1S/C13H20N4O/c1-8(2)7-16-10(5)14-13-15-11(9(3)4)6-12(18)17(13)16/h6,8-9H,7H2,1-5H3. The summed E-state index contributed by atoms with van der Waals surface area (Å²) < 4.78 is 3.47. The van der Waals surface area contributed by atoms with E-state index in [4.69, 9.17) is 0 Å². The van der Waals surface area contributed by atoms with E-state index >= 15 is 0 Å². The summed E-state index contributed by atoms with van der Waals surface area (Å²) in [4.78, 5) is 21.0. The van der Waals surface area contributed by atoms with Gasteiger partial charge in [0.15, 0.2) is 0 Å². The maximum absolute atomic E-state index is 12.2. The van der Waals surface area contributed by atoms with E-state index in [2.05, 4.69) is 23.8 Å². The maximum Gasteiger partial charge on any atom is 0.274 e. The van der Waals surface area contributed by atoms with Crippen LogP contribution in [0.5, 0.6) is 0 Å². The second kappa shape index (κ2) is 4.55. The second-order valence-electron chi connectivity index (χ2n) is 5.42. The van der Waals surface area contributed by atoms with Gasteiger partial charge in [-0.25, -0.2) is 4.98 Å². The molecule has 0 bridgehead atoms. The van der Waals surface area contributed by atoms with Gasteiger partial charge in [-0.2, -0.15) is 9.50 Å². The summed E-state index contributed by atoms with van der Waals surface area (Å²) in [7, 11) is 0. The van der Waals surface area contributed by atoms with Crippen molar-refractivity contribution in [1.29, 1.82) is 0 Å². The lowest BCUT2D eigenvalue weighted by molar-refractivity contribution is 0.448. The summed E-state index contributed by atoms with van der Waals surface area (Å²) in [5.74, 6) is 2.02. The highest BCUT2D eigenvalue weighted by Gasteiger charge is 2.13. The minimum Gasteiger partial charge on any atom is -0.267 e. The second-order valence-corrected chi connectivity index (χ2v) is 5.42. The number of nitrogens with zero attached hydrogens (tertiary/aromatic N) is 4. The van der Waals surface area contributed by atoms with E-state index in [1.807, 2.05) is 25.5 Å². The van der Waals surface area contributed by atoms with Crippen molar-refractivity contribution >= 4 is 5.78 Å². The van der Waals surface area contributed by atoms with Gasteiger partial charge < -0.3 is 0 Å². The van der Waals surface area contributed by atoms with Crippen LogP contribution in [0.2, 0.25) is 0 Å². The van der Waals surface area contributed by atoms with Crippen molar-refractivity contribution in [1.82, 2.24) is 19.2 Å². The van der Waals surface area contributed by atoms with Gasteiger partial charge in [-0.1, -0.05) is 27.7 Å². The van der Waals surface area contributed by atoms with Crippen LogP contribution >= 0.6 is 0 Å². The number of fused-ring (bicyclic) bond motifs is 1. The van der Waals surface area contributed by atoms with E-state index in [9.17, 15) is 4.79 Å². The molecular formula is C13H20N4O. The lowest BCUT2D eigenvalue weighted by atomic mass is 10.1. The highest BCUT2D eigenvalue weighted by molar-refractivity contribution is 5.29. The fourth-order valence-electron chi connectivity index (χ4n) is 1.98. The SMILES string of the molecule is Cc1nc2nc(C(C)C)cc(=O)n2n1CC(C)C. The lowest BCUT2D eigenvalue weighted by Crippen LogP contribution is -2.24. The smallest absolute Gasteiger partial charge is 0.267 e. The molecule has 18 heavy (non-hydrogen) atoms. The molecule has 0 fully saturated rings. The van der Waals surface area contributed by atoms with Crippen molar-refractivity contribution in [2.24, 2.45) is 5.92 Å². The Morgan fingerprint density at radius 1 is 1.22 bits per heavy atom. The quantitative estimate of drug-likeness (QED) is 0.834. The van der Waals surface area contributed by atoms with Crippen LogP contribution in [0.1, 0.15) is 45.1 Å². The van der Waals surface area contributed by atoms with Crippen molar-refractivity contribution < 1.29 is 0 Å². The van der Waals surface area contributed by atoms with E-state index in [0.29, 0.717) is 11.7 Å². The largest absolute Gasteiger partial charge is 0.274 e. The van der Waals surface area contributed by atoms with Crippen LogP contribution in [0.4, 0.5) is 0 Å². The molecule has 2 heterocycles. The summed E-state index contributed by atoms with van der Waals surface area (Å²) >= 11 is 0. The number of hydrogen-bond acceptors (Lipinski definition) is 3. The highest BCUT2D eigenvalue weighted by atomic mass is 16.1. The lowest BCUT2D eigenvalue weighted by Gasteiger charge is -2.10. The Balaban J connectivity index is 2.68. The molecule has 0 atom stereocenters. The zero-order valence-corrected chi connectivity index (χ0v) is 11.6. The molecule has 0 aliphatic heterocycles. The molecule has 2 rings (SSSR count). The summed E-state index contributed by atoms with van der Waals surface area (Å²) in [5, 5.41) is 0. The monoisotopic (exact) mass is 248 g/mol. The molecule has 2 aromatic rings. The van der Waals surface area contributed by atoms with Gasteiger partial charge in [-0.3, -0.25) is 9.48 Å². The summed E-state index contributed by atoms with van der Waals surface area (Å²) in [6, 6.07) is 1.61. The van der Waals surface area contributed by atoms with Crippen LogP contribution in [0.25, 0.3) is 5.78 Å². The van der Waals surface area contributed by atoms with Crippen LogP contribution in [-0.2, 0) is 6.54 Å². The number of aromatic nitrogens is 4. The van der Waals surface area contributed by atoms with Gasteiger partial charge in [-0.15, -0.1) is 0 Å². The van der Waals surface area contributed by atoms with E-state index in [1.165, 1.54) is 0 Å². The fourth-order valence-corrected chi connectivity index (χ4v) is 1.98. The van der Waals surface area contributed by atoms with Gasteiger partial charge in [0.05, 0.1) is 5.69 Å². The Morgan fingerprint density at radius 3 is 2.44 bits per heavy atom. The van der Waals surface area contributed by atoms with Gasteiger partial charge in [-0.05, 0) is 18.8 Å². The molecule has 0 radical (unpaired) electrons.